The molecular formula is C15H16FN3O2. The van der Waals surface area contributed by atoms with Crippen molar-refractivity contribution in [3.05, 3.63) is 35.8 Å². The third-order valence-electron chi connectivity index (χ3n) is 3.48. The zero-order chi connectivity index (χ0) is 15.0. The summed E-state index contributed by atoms with van der Waals surface area (Å²) in [4.78, 5) is 12.0. The summed E-state index contributed by atoms with van der Waals surface area (Å²) in [6, 6.07) is 6.47. The fraction of sp³-hybridized carbons (Fsp3) is 0.333. The van der Waals surface area contributed by atoms with E-state index in [1.54, 1.807) is 25.2 Å². The Labute approximate surface area is 121 Å². The SMILES string of the molecule is COc1ccc(-c2cc(C(=O)NC3CC3)nn2C)c(F)c1. The molecule has 6 heteroatoms. The first-order valence-electron chi connectivity index (χ1n) is 6.77. The van der Waals surface area contributed by atoms with E-state index in [9.17, 15) is 9.18 Å². The van der Waals surface area contributed by atoms with E-state index in [0.29, 0.717) is 22.7 Å². The highest BCUT2D eigenvalue weighted by molar-refractivity contribution is 5.93. The van der Waals surface area contributed by atoms with Crippen LogP contribution in [0.15, 0.2) is 24.3 Å². The molecule has 1 aliphatic carbocycles. The molecule has 3 rings (SSSR count). The number of rotatable bonds is 4. The quantitative estimate of drug-likeness (QED) is 0.938. The topological polar surface area (TPSA) is 56.1 Å². The molecule has 0 unspecified atom stereocenters. The van der Waals surface area contributed by atoms with Gasteiger partial charge in [-0.1, -0.05) is 0 Å². The van der Waals surface area contributed by atoms with Gasteiger partial charge in [-0.3, -0.25) is 9.48 Å². The fourth-order valence-electron chi connectivity index (χ4n) is 2.15. The first-order valence-corrected chi connectivity index (χ1v) is 6.77. The second kappa shape index (κ2) is 5.20. The van der Waals surface area contributed by atoms with Crippen LogP contribution in [-0.2, 0) is 7.05 Å². The number of ether oxygens (including phenoxy) is 1. The number of carbonyl (C=O) groups is 1. The van der Waals surface area contributed by atoms with Gasteiger partial charge in [0.1, 0.15) is 11.6 Å². The van der Waals surface area contributed by atoms with E-state index >= 15 is 0 Å². The first-order chi connectivity index (χ1) is 10.1. The largest absolute Gasteiger partial charge is 0.497 e. The molecule has 0 spiro atoms. The lowest BCUT2D eigenvalue weighted by Gasteiger charge is -2.05. The average molecular weight is 289 g/mol. The van der Waals surface area contributed by atoms with Gasteiger partial charge in [0, 0.05) is 24.7 Å². The van der Waals surface area contributed by atoms with Gasteiger partial charge in [0.2, 0.25) is 0 Å². The summed E-state index contributed by atoms with van der Waals surface area (Å²) in [5.74, 6) is -0.176. The number of hydrogen-bond donors (Lipinski definition) is 1. The molecule has 1 amide bonds. The van der Waals surface area contributed by atoms with E-state index < -0.39 is 5.82 Å². The molecule has 0 bridgehead atoms. The van der Waals surface area contributed by atoms with Crippen molar-refractivity contribution in [3.63, 3.8) is 0 Å². The zero-order valence-corrected chi connectivity index (χ0v) is 11.9. The van der Waals surface area contributed by atoms with E-state index in [4.69, 9.17) is 4.74 Å². The number of carbonyl (C=O) groups excluding carboxylic acids is 1. The van der Waals surface area contributed by atoms with Gasteiger partial charge in [-0.15, -0.1) is 0 Å². The van der Waals surface area contributed by atoms with Crippen LogP contribution in [0.25, 0.3) is 11.3 Å². The number of halogens is 1. The molecule has 5 nitrogen and oxygen atoms in total. The minimum atomic E-state index is -0.411. The van der Waals surface area contributed by atoms with Gasteiger partial charge in [-0.25, -0.2) is 4.39 Å². The van der Waals surface area contributed by atoms with E-state index in [0.717, 1.165) is 12.8 Å². The van der Waals surface area contributed by atoms with Crippen LogP contribution in [-0.4, -0.2) is 28.8 Å². The summed E-state index contributed by atoms with van der Waals surface area (Å²) in [5, 5.41) is 7.02. The van der Waals surface area contributed by atoms with Crippen molar-refractivity contribution < 1.29 is 13.9 Å². The smallest absolute Gasteiger partial charge is 0.272 e. The zero-order valence-electron chi connectivity index (χ0n) is 11.9. The monoisotopic (exact) mass is 289 g/mol. The average Bonchev–Trinajstić information content (AvgIpc) is 3.19. The summed E-state index contributed by atoms with van der Waals surface area (Å²) in [6.07, 6.45) is 2.02. The molecule has 2 aromatic rings. The molecule has 1 heterocycles. The Morgan fingerprint density at radius 3 is 2.81 bits per heavy atom. The lowest BCUT2D eigenvalue weighted by Crippen LogP contribution is -2.25. The highest BCUT2D eigenvalue weighted by Crippen LogP contribution is 2.27. The Bertz CT molecular complexity index is 692. The normalized spacial score (nSPS) is 14.0. The highest BCUT2D eigenvalue weighted by Gasteiger charge is 2.25. The van der Waals surface area contributed by atoms with Crippen LogP contribution in [0, 0.1) is 5.82 Å². The van der Waals surface area contributed by atoms with E-state index in [2.05, 4.69) is 10.4 Å². The van der Waals surface area contributed by atoms with Crippen LogP contribution < -0.4 is 10.1 Å². The molecule has 1 aromatic carbocycles. The van der Waals surface area contributed by atoms with Crippen LogP contribution in [0.4, 0.5) is 4.39 Å². The van der Waals surface area contributed by atoms with Gasteiger partial charge in [0.15, 0.2) is 5.69 Å². The second-order valence-corrected chi connectivity index (χ2v) is 5.13. The number of hydrogen-bond acceptors (Lipinski definition) is 3. The number of nitrogens with zero attached hydrogens (tertiary/aromatic N) is 2. The minimum Gasteiger partial charge on any atom is -0.497 e. The molecule has 1 N–H and O–H groups in total. The number of aromatic nitrogens is 2. The lowest BCUT2D eigenvalue weighted by molar-refractivity contribution is 0.0945. The summed E-state index contributed by atoms with van der Waals surface area (Å²) in [5.41, 5.74) is 1.24. The predicted molar refractivity (Wildman–Crippen MR) is 75.6 cm³/mol. The maximum Gasteiger partial charge on any atom is 0.272 e. The van der Waals surface area contributed by atoms with Gasteiger partial charge in [-0.05, 0) is 31.0 Å². The van der Waals surface area contributed by atoms with Crippen molar-refractivity contribution in [1.82, 2.24) is 15.1 Å². The molecule has 1 aromatic heterocycles. The molecular weight excluding hydrogens is 273 g/mol. The number of benzene rings is 1. The summed E-state index contributed by atoms with van der Waals surface area (Å²) in [6.45, 7) is 0. The van der Waals surface area contributed by atoms with Crippen LogP contribution in [0.3, 0.4) is 0 Å². The minimum absolute atomic E-state index is 0.215. The van der Waals surface area contributed by atoms with Crippen molar-refractivity contribution in [2.45, 2.75) is 18.9 Å². The molecule has 21 heavy (non-hydrogen) atoms. The number of nitrogens with one attached hydrogen (secondary N) is 1. The maximum atomic E-state index is 14.1. The van der Waals surface area contributed by atoms with E-state index in [-0.39, 0.29) is 11.9 Å². The summed E-state index contributed by atoms with van der Waals surface area (Å²) in [7, 11) is 3.17. The van der Waals surface area contributed by atoms with Gasteiger partial charge in [0.25, 0.3) is 5.91 Å². The van der Waals surface area contributed by atoms with Crippen LogP contribution in [0.2, 0.25) is 0 Å². The Hall–Kier alpha value is -2.37. The molecule has 0 aliphatic heterocycles. The molecule has 0 atom stereocenters. The number of amides is 1. The van der Waals surface area contributed by atoms with E-state index in [1.807, 2.05) is 0 Å². The number of aryl methyl sites for hydroxylation is 1. The Morgan fingerprint density at radius 2 is 2.19 bits per heavy atom. The van der Waals surface area contributed by atoms with Gasteiger partial charge in [0.05, 0.1) is 12.8 Å². The lowest BCUT2D eigenvalue weighted by atomic mass is 10.1. The standard InChI is InChI=1S/C15H16FN3O2/c1-19-14(11-6-5-10(21-2)7-12(11)16)8-13(18-19)15(20)17-9-3-4-9/h5-9H,3-4H2,1-2H3,(H,17,20). The van der Waals surface area contributed by atoms with Crippen LogP contribution in [0.5, 0.6) is 5.75 Å². The van der Waals surface area contributed by atoms with Crippen molar-refractivity contribution in [2.24, 2.45) is 7.05 Å². The van der Waals surface area contributed by atoms with Gasteiger partial charge in [-0.2, -0.15) is 5.10 Å². The third-order valence-corrected chi connectivity index (χ3v) is 3.48. The molecule has 0 saturated heterocycles. The summed E-state index contributed by atoms with van der Waals surface area (Å²) >= 11 is 0. The maximum absolute atomic E-state index is 14.1. The van der Waals surface area contributed by atoms with Gasteiger partial charge < -0.3 is 10.1 Å². The second-order valence-electron chi connectivity index (χ2n) is 5.13. The van der Waals surface area contributed by atoms with Crippen LogP contribution in [0.1, 0.15) is 23.3 Å². The van der Waals surface area contributed by atoms with Crippen molar-refractivity contribution >= 4 is 5.91 Å². The highest BCUT2D eigenvalue weighted by atomic mass is 19.1. The Morgan fingerprint density at radius 1 is 1.43 bits per heavy atom. The third kappa shape index (κ3) is 2.74. The molecule has 1 aliphatic rings. The van der Waals surface area contributed by atoms with Gasteiger partial charge >= 0.3 is 0 Å². The molecule has 110 valence electrons. The molecule has 1 saturated carbocycles. The fourth-order valence-corrected chi connectivity index (χ4v) is 2.15. The molecule has 0 radical (unpaired) electrons. The first kappa shape index (κ1) is 13.6. The predicted octanol–water partition coefficient (Wildman–Crippen LogP) is 2.13. The van der Waals surface area contributed by atoms with Crippen LogP contribution >= 0.6 is 0 Å². The van der Waals surface area contributed by atoms with Crippen molar-refractivity contribution in [1.29, 1.82) is 0 Å². The summed E-state index contributed by atoms with van der Waals surface area (Å²) < 4.78 is 20.6. The van der Waals surface area contributed by atoms with E-state index in [1.165, 1.54) is 17.9 Å². The molecule has 1 fully saturated rings. The Balaban J connectivity index is 1.91. The Kier molecular flexibility index (Phi) is 3.37. The van der Waals surface area contributed by atoms with Crippen molar-refractivity contribution in [2.75, 3.05) is 7.11 Å². The number of methoxy groups -OCH3 is 1. The van der Waals surface area contributed by atoms with Crippen molar-refractivity contribution in [3.8, 4) is 17.0 Å².